The van der Waals surface area contributed by atoms with Crippen LogP contribution in [0.5, 0.6) is 5.75 Å². The molecule has 0 aliphatic carbocycles. The van der Waals surface area contributed by atoms with E-state index in [1.807, 2.05) is 36.4 Å². The lowest BCUT2D eigenvalue weighted by molar-refractivity contribution is -0.163. The summed E-state index contributed by atoms with van der Waals surface area (Å²) < 4.78 is 26.4. The zero-order valence-electron chi connectivity index (χ0n) is 29.9. The molecule has 5 rings (SSSR count). The fourth-order valence-corrected chi connectivity index (χ4v) is 6.05. The van der Waals surface area contributed by atoms with Crippen molar-refractivity contribution in [3.8, 4) is 5.75 Å². The van der Waals surface area contributed by atoms with Crippen LogP contribution in [-0.2, 0) is 35.0 Å². The van der Waals surface area contributed by atoms with Crippen LogP contribution in [0.2, 0.25) is 0 Å². The predicted molar refractivity (Wildman–Crippen MR) is 194 cm³/mol. The summed E-state index contributed by atoms with van der Waals surface area (Å²) in [5.41, 5.74) is 2.23. The molecule has 1 fully saturated rings. The Bertz CT molecular complexity index is 2010. The van der Waals surface area contributed by atoms with Crippen molar-refractivity contribution < 1.29 is 47.7 Å². The van der Waals surface area contributed by atoms with Gasteiger partial charge in [0.05, 0.1) is 37.3 Å². The minimum Gasteiger partial charge on any atom is -0.489 e. The number of nitrogens with zero attached hydrogens (tertiary/aromatic N) is 1. The maximum Gasteiger partial charge on any atom is 0.412 e. The molecule has 276 valence electrons. The Morgan fingerprint density at radius 1 is 0.906 bits per heavy atom. The summed E-state index contributed by atoms with van der Waals surface area (Å²) in [5.74, 6) is -2.38. The van der Waals surface area contributed by atoms with Crippen LogP contribution in [0.1, 0.15) is 70.5 Å². The molecule has 0 aromatic heterocycles. The van der Waals surface area contributed by atoms with Gasteiger partial charge in [-0.2, -0.15) is 0 Å². The van der Waals surface area contributed by atoms with Gasteiger partial charge in [0.2, 0.25) is 6.29 Å². The van der Waals surface area contributed by atoms with Gasteiger partial charge in [-0.1, -0.05) is 54.6 Å². The summed E-state index contributed by atoms with van der Waals surface area (Å²) in [6.45, 7) is 5.41. The van der Waals surface area contributed by atoms with Gasteiger partial charge in [-0.05, 0) is 65.6 Å². The smallest absolute Gasteiger partial charge is 0.412 e. The zero-order chi connectivity index (χ0) is 38.1. The summed E-state index contributed by atoms with van der Waals surface area (Å²) in [6.07, 6.45) is -0.935. The number of rotatable bonds is 12. The molecular weight excluding hydrogens is 682 g/mol. The van der Waals surface area contributed by atoms with E-state index in [9.17, 15) is 24.0 Å². The highest BCUT2D eigenvalue weighted by Crippen LogP contribution is 2.28. The van der Waals surface area contributed by atoms with Gasteiger partial charge in [-0.25, -0.2) is 9.59 Å². The van der Waals surface area contributed by atoms with E-state index in [-0.39, 0.29) is 35.6 Å². The molecule has 1 aliphatic rings. The van der Waals surface area contributed by atoms with Crippen LogP contribution in [0.25, 0.3) is 10.8 Å². The maximum atomic E-state index is 13.2. The molecule has 0 radical (unpaired) electrons. The molecule has 1 heterocycles. The maximum absolute atomic E-state index is 13.2. The Kier molecular flexibility index (Phi) is 12.4. The van der Waals surface area contributed by atoms with E-state index in [0.717, 1.165) is 21.9 Å². The number of amides is 2. The zero-order valence-corrected chi connectivity index (χ0v) is 29.9. The SMILES string of the molecule is CCOC(=O)[C@@H](Cc1ccc2ccc(C(=N)NC(=O)c3ccccc3C(=O)OC)cc2c1)c1ccc(O[C@H]2CCN(C(=O)OC(C)OC(C)=O)C2)cc1. The Morgan fingerprint density at radius 2 is 1.62 bits per heavy atom. The molecule has 0 bridgehead atoms. The molecule has 3 atom stereocenters. The molecule has 1 unspecified atom stereocenters. The molecule has 0 saturated carbocycles. The van der Waals surface area contributed by atoms with Crippen molar-refractivity contribution in [2.24, 2.45) is 0 Å². The van der Waals surface area contributed by atoms with Gasteiger partial charge < -0.3 is 33.9 Å². The Balaban J connectivity index is 1.26. The van der Waals surface area contributed by atoms with Crippen molar-refractivity contribution in [2.75, 3.05) is 26.8 Å². The van der Waals surface area contributed by atoms with Gasteiger partial charge in [0.1, 0.15) is 17.7 Å². The number of carbonyl (C=O) groups excluding carboxylic acids is 5. The minimum atomic E-state index is -0.994. The van der Waals surface area contributed by atoms with Gasteiger partial charge >= 0.3 is 24.0 Å². The van der Waals surface area contributed by atoms with Crippen LogP contribution in [0.4, 0.5) is 4.79 Å². The van der Waals surface area contributed by atoms with Crippen molar-refractivity contribution in [1.29, 1.82) is 5.41 Å². The van der Waals surface area contributed by atoms with Gasteiger partial charge in [0.15, 0.2) is 0 Å². The number of benzene rings is 4. The third-order valence-electron chi connectivity index (χ3n) is 8.61. The third kappa shape index (κ3) is 9.76. The van der Waals surface area contributed by atoms with E-state index >= 15 is 0 Å². The topological polar surface area (TPSA) is 171 Å². The first-order valence-electron chi connectivity index (χ1n) is 17.1. The number of carbonyl (C=O) groups is 5. The molecule has 1 aliphatic heterocycles. The van der Waals surface area contributed by atoms with Crippen LogP contribution < -0.4 is 10.1 Å². The van der Waals surface area contributed by atoms with E-state index in [4.69, 9.17) is 29.1 Å². The molecule has 1 saturated heterocycles. The number of amidine groups is 1. The van der Waals surface area contributed by atoms with Gasteiger partial charge in [0, 0.05) is 32.4 Å². The lowest BCUT2D eigenvalue weighted by Gasteiger charge is -2.20. The molecule has 4 aromatic rings. The molecule has 0 spiro atoms. The molecule has 2 N–H and O–H groups in total. The number of hydrogen-bond acceptors (Lipinski definition) is 11. The number of likely N-dealkylation sites (tertiary alicyclic amines) is 1. The molecule has 13 nitrogen and oxygen atoms in total. The largest absolute Gasteiger partial charge is 0.489 e. The minimum absolute atomic E-state index is 0.0906. The molecule has 4 aromatic carbocycles. The van der Waals surface area contributed by atoms with E-state index in [2.05, 4.69) is 5.32 Å². The van der Waals surface area contributed by atoms with E-state index in [1.165, 1.54) is 38.0 Å². The summed E-state index contributed by atoms with van der Waals surface area (Å²) >= 11 is 0. The highest BCUT2D eigenvalue weighted by molar-refractivity contribution is 6.15. The average molecular weight is 724 g/mol. The molecule has 13 heteroatoms. The average Bonchev–Trinajstić information content (AvgIpc) is 3.62. The summed E-state index contributed by atoms with van der Waals surface area (Å²) in [7, 11) is 1.23. The Morgan fingerprint density at radius 3 is 2.32 bits per heavy atom. The number of nitrogens with one attached hydrogen (secondary N) is 2. The van der Waals surface area contributed by atoms with E-state index < -0.39 is 36.1 Å². The normalized spacial score (nSPS) is 14.8. The summed E-state index contributed by atoms with van der Waals surface area (Å²) in [6, 6.07) is 24.6. The number of methoxy groups -OCH3 is 1. The van der Waals surface area contributed by atoms with E-state index in [1.54, 1.807) is 43.3 Å². The van der Waals surface area contributed by atoms with E-state index in [0.29, 0.717) is 37.2 Å². The lowest BCUT2D eigenvalue weighted by atomic mass is 9.91. The summed E-state index contributed by atoms with van der Waals surface area (Å²) in [4.78, 5) is 63.5. The van der Waals surface area contributed by atoms with Crippen molar-refractivity contribution in [3.05, 3.63) is 113 Å². The molecule has 2 amide bonds. The van der Waals surface area contributed by atoms with Gasteiger partial charge in [-0.3, -0.25) is 19.8 Å². The Hall–Kier alpha value is -6.24. The lowest BCUT2D eigenvalue weighted by Crippen LogP contribution is -2.34. The van der Waals surface area contributed by atoms with Crippen LogP contribution >= 0.6 is 0 Å². The second-order valence-electron chi connectivity index (χ2n) is 12.4. The first-order valence-corrected chi connectivity index (χ1v) is 17.1. The van der Waals surface area contributed by atoms with Crippen LogP contribution in [0.15, 0.2) is 84.9 Å². The fraction of sp³-hybridized carbons (Fsp3) is 0.300. The van der Waals surface area contributed by atoms with Crippen LogP contribution in [-0.4, -0.2) is 79.8 Å². The van der Waals surface area contributed by atoms with Gasteiger partial charge in [-0.15, -0.1) is 0 Å². The number of fused-ring (bicyclic) bond motifs is 1. The second-order valence-corrected chi connectivity index (χ2v) is 12.4. The third-order valence-corrected chi connectivity index (χ3v) is 8.61. The Labute approximate surface area is 306 Å². The number of esters is 3. The van der Waals surface area contributed by atoms with Crippen molar-refractivity contribution in [2.45, 2.75) is 51.9 Å². The standard InChI is InChI=1S/C40H41N3O10/c1-5-50-39(47)35(28-14-16-31(17-15-28)53-32-18-19-43(23-32)40(48)52-25(3)51-24(2)44)21-26-10-11-27-12-13-29(22-30(27)20-26)36(41)42-37(45)33-8-6-7-9-34(33)38(46)49-4/h6-17,20,22,25,32,35H,5,18-19,21,23H2,1-4H3,(H2,41,42,45)/t25?,32-,35-/m0/s1. The van der Waals surface area contributed by atoms with Gasteiger partial charge in [0.25, 0.3) is 5.91 Å². The van der Waals surface area contributed by atoms with Crippen molar-refractivity contribution in [3.63, 3.8) is 0 Å². The van der Waals surface area contributed by atoms with Crippen LogP contribution in [0.3, 0.4) is 0 Å². The second kappa shape index (κ2) is 17.3. The number of hydrogen-bond donors (Lipinski definition) is 2. The first-order chi connectivity index (χ1) is 25.4. The van der Waals surface area contributed by atoms with Crippen molar-refractivity contribution >= 4 is 46.5 Å². The molecular formula is C40H41N3O10. The first kappa shape index (κ1) is 38.0. The highest BCUT2D eigenvalue weighted by Gasteiger charge is 2.30. The van der Waals surface area contributed by atoms with Crippen LogP contribution in [0, 0.1) is 5.41 Å². The quantitative estimate of drug-likeness (QED) is 0.0601. The highest BCUT2D eigenvalue weighted by atomic mass is 16.7. The molecule has 53 heavy (non-hydrogen) atoms. The number of ether oxygens (including phenoxy) is 5. The fourth-order valence-electron chi connectivity index (χ4n) is 6.05. The summed E-state index contributed by atoms with van der Waals surface area (Å²) in [5, 5.41) is 12.9. The monoisotopic (exact) mass is 723 g/mol. The predicted octanol–water partition coefficient (Wildman–Crippen LogP) is 5.77. The van der Waals surface area contributed by atoms with Crippen molar-refractivity contribution in [1.82, 2.24) is 10.2 Å².